The van der Waals surface area contributed by atoms with Crippen LogP contribution in [0.5, 0.6) is 5.75 Å². The van der Waals surface area contributed by atoms with E-state index in [1.165, 1.54) is 18.2 Å². The van der Waals surface area contributed by atoms with Gasteiger partial charge in [-0.2, -0.15) is 0 Å². The topological polar surface area (TPSA) is 118 Å². The molecule has 3 aromatic rings. The van der Waals surface area contributed by atoms with E-state index in [4.69, 9.17) is 10.5 Å². The zero-order chi connectivity index (χ0) is 30.7. The molecule has 3 aromatic carbocycles. The summed E-state index contributed by atoms with van der Waals surface area (Å²) >= 11 is 0. The summed E-state index contributed by atoms with van der Waals surface area (Å²) in [4.78, 5) is 28.0. The van der Waals surface area contributed by atoms with E-state index < -0.39 is 12.4 Å². The Hall–Kier alpha value is -4.39. The highest BCUT2D eigenvalue weighted by Crippen LogP contribution is 2.25. The Morgan fingerprint density at radius 3 is 2.35 bits per heavy atom. The number of hydrogen-bond donors (Lipinski definition) is 4. The molecule has 9 nitrogen and oxygen atoms in total. The predicted octanol–water partition coefficient (Wildman–Crippen LogP) is 4.81. The van der Waals surface area contributed by atoms with Gasteiger partial charge in [0.05, 0.1) is 24.6 Å². The first-order chi connectivity index (χ1) is 20.7. The number of nitrogen functional groups attached to an aromatic ring is 1. The first-order valence-corrected chi connectivity index (χ1v) is 13.8. The number of morpholine rings is 1. The molecule has 1 atom stereocenters. The van der Waals surface area contributed by atoms with Crippen LogP contribution in [0, 0.1) is 0 Å². The Morgan fingerprint density at radius 2 is 1.67 bits per heavy atom. The van der Waals surface area contributed by atoms with Crippen LogP contribution in [0.25, 0.3) is 6.08 Å². The maximum absolute atomic E-state index is 13.3. The number of anilines is 3. The van der Waals surface area contributed by atoms with Crippen molar-refractivity contribution in [2.24, 2.45) is 0 Å². The van der Waals surface area contributed by atoms with Crippen LogP contribution in [-0.4, -0.2) is 62.5 Å². The molecule has 1 saturated heterocycles. The molecule has 0 spiro atoms. The minimum absolute atomic E-state index is 0.323. The summed E-state index contributed by atoms with van der Waals surface area (Å²) in [5.41, 5.74) is 8.59. The minimum Gasteiger partial charge on any atom is -0.406 e. The molecule has 0 aromatic heterocycles. The van der Waals surface area contributed by atoms with E-state index >= 15 is 0 Å². The summed E-state index contributed by atoms with van der Waals surface area (Å²) in [7, 11) is 0. The molecule has 1 heterocycles. The van der Waals surface area contributed by atoms with Gasteiger partial charge < -0.3 is 31.2 Å². The van der Waals surface area contributed by atoms with E-state index in [1.807, 2.05) is 0 Å². The highest BCUT2D eigenvalue weighted by atomic mass is 19.4. The number of nitrogens with two attached hydrogens (primary N) is 1. The maximum atomic E-state index is 13.3. The average molecular weight is 598 g/mol. The summed E-state index contributed by atoms with van der Waals surface area (Å²) in [5, 5.41) is 8.79. The van der Waals surface area contributed by atoms with Crippen LogP contribution in [0.2, 0.25) is 0 Å². The molecule has 0 saturated carbocycles. The van der Waals surface area contributed by atoms with Crippen molar-refractivity contribution in [3.63, 3.8) is 0 Å². The third kappa shape index (κ3) is 10.4. The van der Waals surface area contributed by atoms with E-state index in [9.17, 15) is 22.8 Å². The second-order valence-electron chi connectivity index (χ2n) is 9.83. The van der Waals surface area contributed by atoms with Crippen LogP contribution in [0.4, 0.5) is 30.2 Å². The fourth-order valence-electron chi connectivity index (χ4n) is 4.45. The SMILES string of the molecule is Nc1ccccc1NC(=O)/C=C/c1ccc(C(NCCCN2CCOCC2)C(=O)Nc2ccc(OC(F)(F)F)cc2)cc1. The van der Waals surface area contributed by atoms with Gasteiger partial charge in [-0.25, -0.2) is 0 Å². The minimum atomic E-state index is -4.80. The lowest BCUT2D eigenvalue weighted by atomic mass is 10.0. The zero-order valence-corrected chi connectivity index (χ0v) is 23.4. The Labute approximate surface area is 247 Å². The Bertz CT molecular complexity index is 1380. The first kappa shape index (κ1) is 31.5. The number of nitrogens with one attached hydrogen (secondary N) is 3. The molecule has 1 aliphatic rings. The summed E-state index contributed by atoms with van der Waals surface area (Å²) in [6, 6.07) is 18.3. The zero-order valence-electron chi connectivity index (χ0n) is 23.4. The lowest BCUT2D eigenvalue weighted by Gasteiger charge is -2.27. The molecule has 1 unspecified atom stereocenters. The summed E-state index contributed by atoms with van der Waals surface area (Å²) in [6.07, 6.45) is -0.966. The van der Waals surface area contributed by atoms with Crippen LogP contribution in [0.3, 0.4) is 0 Å². The van der Waals surface area contributed by atoms with Crippen LogP contribution < -0.4 is 26.4 Å². The predicted molar refractivity (Wildman–Crippen MR) is 159 cm³/mol. The standard InChI is InChI=1S/C31H34F3N5O4/c32-31(33,34)43-25-13-11-24(12-14-25)37-30(41)29(36-16-3-17-39-18-20-42-21-19-39)23-9-6-22(7-10-23)8-15-28(40)38-27-5-2-1-4-26(27)35/h1-2,4-15,29,36H,3,16-21,35H2,(H,37,41)(H,38,40)/b15-8+. The van der Waals surface area contributed by atoms with Crippen molar-refractivity contribution in [3.8, 4) is 5.75 Å². The number of amides is 2. The number of carbonyl (C=O) groups is 2. The Morgan fingerprint density at radius 1 is 0.977 bits per heavy atom. The Balaban J connectivity index is 1.40. The number of carbonyl (C=O) groups excluding carboxylic acids is 2. The number of nitrogens with zero attached hydrogens (tertiary/aromatic N) is 1. The van der Waals surface area contributed by atoms with E-state index in [0.29, 0.717) is 42.4 Å². The smallest absolute Gasteiger partial charge is 0.406 e. The summed E-state index contributed by atoms with van der Waals surface area (Å²) in [6.45, 7) is 4.54. The first-order valence-electron chi connectivity index (χ1n) is 13.8. The van der Waals surface area contributed by atoms with Gasteiger partial charge in [-0.3, -0.25) is 14.5 Å². The Kier molecular flexibility index (Phi) is 11.1. The number of ether oxygens (including phenoxy) is 2. The van der Waals surface area contributed by atoms with Gasteiger partial charge in [0, 0.05) is 24.9 Å². The van der Waals surface area contributed by atoms with Crippen molar-refractivity contribution in [3.05, 3.63) is 90.0 Å². The number of rotatable bonds is 12. The number of halogens is 3. The lowest BCUT2D eigenvalue weighted by molar-refractivity contribution is -0.274. The lowest BCUT2D eigenvalue weighted by Crippen LogP contribution is -2.39. The average Bonchev–Trinajstić information content (AvgIpc) is 2.98. The van der Waals surface area contributed by atoms with Crippen LogP contribution in [-0.2, 0) is 14.3 Å². The van der Waals surface area contributed by atoms with E-state index in [-0.39, 0.29) is 17.6 Å². The van der Waals surface area contributed by atoms with Crippen molar-refractivity contribution in [2.45, 2.75) is 18.8 Å². The van der Waals surface area contributed by atoms with Crippen LogP contribution >= 0.6 is 0 Å². The molecule has 5 N–H and O–H groups in total. The molecule has 12 heteroatoms. The van der Waals surface area contributed by atoms with Gasteiger partial charge in [0.15, 0.2) is 0 Å². The second-order valence-corrected chi connectivity index (χ2v) is 9.83. The molecule has 2 amide bonds. The van der Waals surface area contributed by atoms with Gasteiger partial charge >= 0.3 is 6.36 Å². The van der Waals surface area contributed by atoms with Crippen molar-refractivity contribution in [2.75, 3.05) is 55.8 Å². The number of hydrogen-bond acceptors (Lipinski definition) is 7. The molecule has 0 aliphatic carbocycles. The quantitative estimate of drug-likeness (QED) is 0.135. The van der Waals surface area contributed by atoms with Gasteiger partial charge in [-0.15, -0.1) is 13.2 Å². The van der Waals surface area contributed by atoms with Gasteiger partial charge in [0.1, 0.15) is 11.8 Å². The van der Waals surface area contributed by atoms with Crippen molar-refractivity contribution in [1.82, 2.24) is 10.2 Å². The van der Waals surface area contributed by atoms with Crippen molar-refractivity contribution in [1.29, 1.82) is 0 Å². The van der Waals surface area contributed by atoms with Gasteiger partial charge in [0.25, 0.3) is 0 Å². The summed E-state index contributed by atoms with van der Waals surface area (Å²) < 4.78 is 46.8. The highest BCUT2D eigenvalue weighted by molar-refractivity contribution is 6.03. The van der Waals surface area contributed by atoms with Crippen LogP contribution in [0.1, 0.15) is 23.6 Å². The number of benzene rings is 3. The van der Waals surface area contributed by atoms with Crippen LogP contribution in [0.15, 0.2) is 78.9 Å². The normalized spacial score (nSPS) is 14.8. The molecule has 228 valence electrons. The number of para-hydroxylation sites is 2. The fourth-order valence-corrected chi connectivity index (χ4v) is 4.45. The molecule has 4 rings (SSSR count). The van der Waals surface area contributed by atoms with Gasteiger partial charge in [-0.05, 0) is 73.1 Å². The molecule has 0 radical (unpaired) electrons. The van der Waals surface area contributed by atoms with Gasteiger partial charge in [-0.1, -0.05) is 36.4 Å². The van der Waals surface area contributed by atoms with Crippen molar-refractivity contribution < 1.29 is 32.2 Å². The summed E-state index contributed by atoms with van der Waals surface area (Å²) in [5.74, 6) is -1.10. The second kappa shape index (κ2) is 15.2. The fraction of sp³-hybridized carbons (Fsp3) is 0.290. The number of alkyl halides is 3. The monoisotopic (exact) mass is 597 g/mol. The third-order valence-electron chi connectivity index (χ3n) is 6.64. The van der Waals surface area contributed by atoms with Gasteiger partial charge in [0.2, 0.25) is 11.8 Å². The van der Waals surface area contributed by atoms with Crippen molar-refractivity contribution >= 4 is 35.0 Å². The van der Waals surface area contributed by atoms with E-state index in [2.05, 4.69) is 25.6 Å². The molecular weight excluding hydrogens is 563 g/mol. The molecule has 43 heavy (non-hydrogen) atoms. The highest BCUT2D eigenvalue weighted by Gasteiger charge is 2.31. The molecule has 1 aliphatic heterocycles. The third-order valence-corrected chi connectivity index (χ3v) is 6.64. The molecule has 1 fully saturated rings. The maximum Gasteiger partial charge on any atom is 0.573 e. The largest absolute Gasteiger partial charge is 0.573 e. The molecule has 0 bridgehead atoms. The van der Waals surface area contributed by atoms with E-state index in [0.717, 1.165) is 43.8 Å². The molecular formula is C31H34F3N5O4. The van der Waals surface area contributed by atoms with E-state index in [1.54, 1.807) is 54.6 Å².